The molecule has 0 aliphatic carbocycles. The average Bonchev–Trinajstić information content (AvgIpc) is 3.02. The number of nitrogens with one attached hydrogen (secondary N) is 1. The number of anilines is 2. The number of benzene rings is 1. The highest BCUT2D eigenvalue weighted by molar-refractivity contribution is 5.96. The van der Waals surface area contributed by atoms with E-state index in [4.69, 9.17) is 4.74 Å². The van der Waals surface area contributed by atoms with E-state index in [9.17, 15) is 4.79 Å². The van der Waals surface area contributed by atoms with E-state index in [1.165, 1.54) is 18.5 Å². The zero-order valence-electron chi connectivity index (χ0n) is 15.8. The van der Waals surface area contributed by atoms with E-state index in [0.29, 0.717) is 24.5 Å². The Morgan fingerprint density at radius 2 is 1.54 bits per heavy atom. The predicted molar refractivity (Wildman–Crippen MR) is 105 cm³/mol. The van der Waals surface area contributed by atoms with Gasteiger partial charge in [-0.15, -0.1) is 0 Å². The van der Waals surface area contributed by atoms with Crippen molar-refractivity contribution in [3.05, 3.63) is 24.3 Å². The maximum Gasteiger partial charge on any atom is 0.227 e. The number of hydrogen-bond donors (Lipinski definition) is 1. The quantitative estimate of drug-likeness (QED) is 0.900. The summed E-state index contributed by atoms with van der Waals surface area (Å²) in [5.74, 6) is 0.255. The van der Waals surface area contributed by atoms with Gasteiger partial charge in [0.2, 0.25) is 5.91 Å². The number of amides is 1. The smallest absolute Gasteiger partial charge is 0.227 e. The monoisotopic (exact) mass is 357 g/mol. The fourth-order valence-corrected chi connectivity index (χ4v) is 4.55. The third-order valence-electron chi connectivity index (χ3n) is 6.17. The van der Waals surface area contributed by atoms with Crippen molar-refractivity contribution in [3.8, 4) is 0 Å². The fraction of sp³-hybridized carbons (Fsp3) is 0.667. The van der Waals surface area contributed by atoms with Crippen molar-refractivity contribution in [2.75, 3.05) is 36.1 Å². The molecular weight excluding hydrogens is 326 g/mol. The van der Waals surface area contributed by atoms with Gasteiger partial charge in [-0.25, -0.2) is 0 Å². The van der Waals surface area contributed by atoms with Gasteiger partial charge in [-0.1, -0.05) is 0 Å². The first-order valence-corrected chi connectivity index (χ1v) is 10.2. The van der Waals surface area contributed by atoms with Crippen molar-refractivity contribution >= 4 is 17.3 Å². The Morgan fingerprint density at radius 3 is 2.15 bits per heavy atom. The van der Waals surface area contributed by atoms with Crippen molar-refractivity contribution in [2.24, 2.45) is 0 Å². The molecule has 0 spiro atoms. The van der Waals surface area contributed by atoms with Gasteiger partial charge in [0.05, 0.1) is 0 Å². The molecule has 0 saturated carbocycles. The molecule has 3 fully saturated rings. The molecular formula is C21H31N3O2. The van der Waals surface area contributed by atoms with Gasteiger partial charge in [0, 0.05) is 62.2 Å². The summed E-state index contributed by atoms with van der Waals surface area (Å²) >= 11 is 0. The van der Waals surface area contributed by atoms with E-state index in [1.54, 1.807) is 0 Å². The van der Waals surface area contributed by atoms with Crippen molar-refractivity contribution in [2.45, 2.75) is 63.6 Å². The molecule has 1 aromatic rings. The lowest BCUT2D eigenvalue weighted by Gasteiger charge is -2.36. The maximum atomic E-state index is 12.1. The van der Waals surface area contributed by atoms with Gasteiger partial charge in [-0.2, -0.15) is 0 Å². The van der Waals surface area contributed by atoms with Crippen LogP contribution in [0, 0.1) is 0 Å². The van der Waals surface area contributed by atoms with Crippen LogP contribution in [0.3, 0.4) is 0 Å². The number of carbonyl (C=O) groups excluding carboxylic acids is 1. The first-order chi connectivity index (χ1) is 12.7. The zero-order chi connectivity index (χ0) is 17.9. The Labute approximate surface area is 156 Å². The number of nitrogens with zero attached hydrogens (tertiary/aromatic N) is 2. The van der Waals surface area contributed by atoms with Crippen LogP contribution in [0.15, 0.2) is 24.3 Å². The molecule has 1 atom stereocenters. The molecule has 5 heteroatoms. The maximum absolute atomic E-state index is 12.1. The Morgan fingerprint density at radius 1 is 0.923 bits per heavy atom. The molecule has 1 amide bonds. The largest absolute Gasteiger partial charge is 0.381 e. The number of carbonyl (C=O) groups is 1. The van der Waals surface area contributed by atoms with Crippen LogP contribution < -0.4 is 15.1 Å². The lowest BCUT2D eigenvalue weighted by atomic mass is 10.0. The highest BCUT2D eigenvalue weighted by Crippen LogP contribution is 2.29. The van der Waals surface area contributed by atoms with Gasteiger partial charge >= 0.3 is 0 Å². The van der Waals surface area contributed by atoms with Gasteiger partial charge in [-0.05, 0) is 63.3 Å². The van der Waals surface area contributed by atoms with Gasteiger partial charge in [0.15, 0.2) is 0 Å². The van der Waals surface area contributed by atoms with Crippen molar-refractivity contribution < 1.29 is 9.53 Å². The fourth-order valence-electron chi connectivity index (χ4n) is 4.55. The van der Waals surface area contributed by atoms with Crippen LogP contribution in [0.25, 0.3) is 0 Å². The topological polar surface area (TPSA) is 44.8 Å². The summed E-state index contributed by atoms with van der Waals surface area (Å²) in [7, 11) is 0. The lowest BCUT2D eigenvalue weighted by molar-refractivity contribution is -0.117. The second-order valence-electron chi connectivity index (χ2n) is 7.98. The molecule has 0 bridgehead atoms. The summed E-state index contributed by atoms with van der Waals surface area (Å²) in [6.45, 7) is 6.13. The van der Waals surface area contributed by atoms with E-state index in [-0.39, 0.29) is 5.91 Å². The van der Waals surface area contributed by atoms with Crippen LogP contribution in [0.5, 0.6) is 0 Å². The van der Waals surface area contributed by atoms with Crippen molar-refractivity contribution in [1.29, 1.82) is 0 Å². The van der Waals surface area contributed by atoms with E-state index >= 15 is 0 Å². The minimum Gasteiger partial charge on any atom is -0.381 e. The number of piperidine rings is 1. The molecule has 4 rings (SSSR count). The molecule has 3 saturated heterocycles. The summed E-state index contributed by atoms with van der Waals surface area (Å²) in [6, 6.07) is 10.2. The third-order valence-corrected chi connectivity index (χ3v) is 6.17. The highest BCUT2D eigenvalue weighted by atomic mass is 16.5. The second-order valence-corrected chi connectivity index (χ2v) is 7.98. The summed E-state index contributed by atoms with van der Waals surface area (Å²) in [5.41, 5.74) is 2.32. The minimum absolute atomic E-state index is 0.255. The first kappa shape index (κ1) is 17.8. The van der Waals surface area contributed by atoms with Gasteiger partial charge in [0.25, 0.3) is 0 Å². The third kappa shape index (κ3) is 3.89. The van der Waals surface area contributed by atoms with Crippen LogP contribution in [-0.2, 0) is 9.53 Å². The zero-order valence-corrected chi connectivity index (χ0v) is 15.8. The highest BCUT2D eigenvalue weighted by Gasteiger charge is 2.29. The van der Waals surface area contributed by atoms with Gasteiger partial charge < -0.3 is 19.9 Å². The SMILES string of the molecule is C[C@@H]1CCC(=O)N1c1ccc(N2CCC(NC3CCOCC3)CC2)cc1. The number of rotatable bonds is 4. The molecule has 142 valence electrons. The molecule has 1 aromatic carbocycles. The molecule has 0 unspecified atom stereocenters. The molecule has 3 heterocycles. The number of hydrogen-bond acceptors (Lipinski definition) is 4. The van der Waals surface area contributed by atoms with Gasteiger partial charge in [-0.3, -0.25) is 4.79 Å². The Balaban J connectivity index is 1.31. The molecule has 26 heavy (non-hydrogen) atoms. The number of ether oxygens (including phenoxy) is 1. The Hall–Kier alpha value is -1.59. The molecule has 3 aliphatic rings. The Kier molecular flexibility index (Phi) is 5.46. The molecule has 1 N–H and O–H groups in total. The van der Waals surface area contributed by atoms with Crippen molar-refractivity contribution in [3.63, 3.8) is 0 Å². The molecule has 0 aromatic heterocycles. The standard InChI is InChI=1S/C21H31N3O2/c1-16-2-7-21(25)24(16)20-5-3-19(4-6-20)23-12-8-17(9-13-23)22-18-10-14-26-15-11-18/h3-6,16-18,22H,2,7-15H2,1H3/t16-/m1/s1. The summed E-state index contributed by atoms with van der Waals surface area (Å²) in [5, 5.41) is 3.83. The van der Waals surface area contributed by atoms with E-state index in [2.05, 4.69) is 41.4 Å². The summed E-state index contributed by atoms with van der Waals surface area (Å²) < 4.78 is 5.45. The van der Waals surface area contributed by atoms with E-state index in [1.807, 2.05) is 4.90 Å². The first-order valence-electron chi connectivity index (χ1n) is 10.2. The molecule has 5 nitrogen and oxygen atoms in total. The lowest BCUT2D eigenvalue weighted by Crippen LogP contribution is -2.47. The van der Waals surface area contributed by atoms with Crippen molar-refractivity contribution in [1.82, 2.24) is 5.32 Å². The summed E-state index contributed by atoms with van der Waals surface area (Å²) in [6.07, 6.45) is 6.33. The molecule has 0 radical (unpaired) electrons. The van der Waals surface area contributed by atoms with Crippen LogP contribution >= 0.6 is 0 Å². The normalized spacial score (nSPS) is 25.9. The predicted octanol–water partition coefficient (Wildman–Crippen LogP) is 2.94. The second kappa shape index (κ2) is 7.97. The van der Waals surface area contributed by atoms with E-state index in [0.717, 1.165) is 51.3 Å². The Bertz CT molecular complexity index is 604. The van der Waals surface area contributed by atoms with Crippen LogP contribution in [0.2, 0.25) is 0 Å². The van der Waals surface area contributed by atoms with Gasteiger partial charge in [0.1, 0.15) is 0 Å². The van der Waals surface area contributed by atoms with E-state index < -0.39 is 0 Å². The van der Waals surface area contributed by atoms with Crippen LogP contribution in [-0.4, -0.2) is 50.3 Å². The van der Waals surface area contributed by atoms with Crippen LogP contribution in [0.4, 0.5) is 11.4 Å². The van der Waals surface area contributed by atoms with Crippen LogP contribution in [0.1, 0.15) is 45.4 Å². The minimum atomic E-state index is 0.255. The summed E-state index contributed by atoms with van der Waals surface area (Å²) in [4.78, 5) is 16.5. The molecule has 3 aliphatic heterocycles. The average molecular weight is 357 g/mol.